The summed E-state index contributed by atoms with van der Waals surface area (Å²) in [5.74, 6) is 1.19. The molecule has 3 aliphatic rings. The number of hydrogen-bond acceptors (Lipinski definition) is 6. The molecule has 0 bridgehead atoms. The zero-order valence-corrected chi connectivity index (χ0v) is 20.3. The van der Waals surface area contributed by atoms with Crippen LogP contribution in [0.2, 0.25) is 5.02 Å². The van der Waals surface area contributed by atoms with Crippen LogP contribution in [0.15, 0.2) is 23.4 Å². The maximum atomic E-state index is 14.1. The molecule has 1 amide bonds. The van der Waals surface area contributed by atoms with Gasteiger partial charge in [-0.05, 0) is 44.2 Å². The third-order valence-electron chi connectivity index (χ3n) is 6.69. The molecule has 2 aliphatic heterocycles. The molecule has 3 heterocycles. The Labute approximate surface area is 203 Å². The zero-order valence-electron chi connectivity index (χ0n) is 18.8. The molecule has 2 aromatic rings. The second-order valence-electron chi connectivity index (χ2n) is 9.08. The van der Waals surface area contributed by atoms with Crippen molar-refractivity contribution in [3.8, 4) is 0 Å². The van der Waals surface area contributed by atoms with Gasteiger partial charge in [-0.1, -0.05) is 29.4 Å². The summed E-state index contributed by atoms with van der Waals surface area (Å²) < 4.78 is 16.4. The van der Waals surface area contributed by atoms with Crippen molar-refractivity contribution >= 4 is 35.2 Å². The third kappa shape index (κ3) is 5.30. The van der Waals surface area contributed by atoms with E-state index in [4.69, 9.17) is 11.6 Å². The minimum atomic E-state index is -0.277. The van der Waals surface area contributed by atoms with Gasteiger partial charge in [0.15, 0.2) is 5.16 Å². The van der Waals surface area contributed by atoms with Gasteiger partial charge in [-0.15, -0.1) is 10.2 Å². The second-order valence-corrected chi connectivity index (χ2v) is 10.4. The van der Waals surface area contributed by atoms with E-state index in [-0.39, 0.29) is 11.7 Å². The number of carbonyl (C=O) groups excluding carboxylic acids is 1. The Bertz CT molecular complexity index is 965. The molecule has 7 nitrogen and oxygen atoms in total. The van der Waals surface area contributed by atoms with Gasteiger partial charge in [-0.25, -0.2) is 4.39 Å². The Morgan fingerprint density at radius 2 is 1.82 bits per heavy atom. The Morgan fingerprint density at radius 3 is 2.52 bits per heavy atom. The van der Waals surface area contributed by atoms with Crippen molar-refractivity contribution in [2.24, 2.45) is 0 Å². The quantitative estimate of drug-likeness (QED) is 0.547. The molecule has 2 saturated heterocycles. The average Bonchev–Trinajstić information content (AvgIpc) is 3.59. The minimum absolute atomic E-state index is 0.119. The van der Waals surface area contributed by atoms with Crippen LogP contribution < -0.4 is 4.90 Å². The number of anilines is 1. The fraction of sp³-hybridized carbons (Fsp3) is 0.609. The molecule has 0 spiro atoms. The summed E-state index contributed by atoms with van der Waals surface area (Å²) in [7, 11) is 0. The predicted molar refractivity (Wildman–Crippen MR) is 128 cm³/mol. The van der Waals surface area contributed by atoms with Crippen LogP contribution >= 0.6 is 23.4 Å². The number of thioether (sulfide) groups is 1. The lowest BCUT2D eigenvalue weighted by Crippen LogP contribution is -2.48. The second kappa shape index (κ2) is 10.2. The molecule has 10 heteroatoms. The lowest BCUT2D eigenvalue weighted by atomic mass is 10.1. The number of piperidine rings is 1. The number of amides is 1. The number of aromatic nitrogens is 3. The Morgan fingerprint density at radius 1 is 1.06 bits per heavy atom. The molecular formula is C23H30ClFN6OS. The molecule has 1 aliphatic carbocycles. The van der Waals surface area contributed by atoms with E-state index in [1.807, 2.05) is 4.90 Å². The van der Waals surface area contributed by atoms with Gasteiger partial charge >= 0.3 is 0 Å². The number of nitrogens with zero attached hydrogens (tertiary/aromatic N) is 6. The molecule has 1 saturated carbocycles. The molecule has 0 radical (unpaired) electrons. The summed E-state index contributed by atoms with van der Waals surface area (Å²) >= 11 is 7.67. The van der Waals surface area contributed by atoms with E-state index < -0.39 is 0 Å². The van der Waals surface area contributed by atoms with Crippen molar-refractivity contribution in [3.05, 3.63) is 34.6 Å². The first-order valence-corrected chi connectivity index (χ1v) is 13.2. The largest absolute Gasteiger partial charge is 0.341 e. The van der Waals surface area contributed by atoms with Crippen molar-refractivity contribution in [1.82, 2.24) is 24.6 Å². The number of benzene rings is 1. The average molecular weight is 493 g/mol. The normalized spacial score (nSPS) is 19.8. The highest BCUT2D eigenvalue weighted by Gasteiger charge is 2.32. The molecule has 1 aromatic carbocycles. The summed E-state index contributed by atoms with van der Waals surface area (Å²) in [6.07, 6.45) is 6.01. The van der Waals surface area contributed by atoms with Gasteiger partial charge in [-0.3, -0.25) is 14.3 Å². The first kappa shape index (κ1) is 22.9. The van der Waals surface area contributed by atoms with E-state index in [1.54, 1.807) is 12.1 Å². The highest BCUT2D eigenvalue weighted by atomic mass is 35.5. The van der Waals surface area contributed by atoms with Crippen LogP contribution in [0.3, 0.4) is 0 Å². The fourth-order valence-electron chi connectivity index (χ4n) is 4.61. The molecule has 0 N–H and O–H groups in total. The van der Waals surface area contributed by atoms with Crippen molar-refractivity contribution in [2.75, 3.05) is 49.9 Å². The molecule has 0 atom stereocenters. The number of hydrogen-bond donors (Lipinski definition) is 0. The maximum absolute atomic E-state index is 14.1. The summed E-state index contributed by atoms with van der Waals surface area (Å²) in [6, 6.07) is 5.25. The van der Waals surface area contributed by atoms with Crippen LogP contribution in [0, 0.1) is 5.82 Å². The van der Waals surface area contributed by atoms with Crippen LogP contribution in [0.1, 0.15) is 43.7 Å². The van der Waals surface area contributed by atoms with Gasteiger partial charge in [0.2, 0.25) is 11.9 Å². The van der Waals surface area contributed by atoms with Gasteiger partial charge in [0.1, 0.15) is 5.82 Å². The van der Waals surface area contributed by atoms with Crippen molar-refractivity contribution in [1.29, 1.82) is 0 Å². The fourth-order valence-corrected chi connectivity index (χ4v) is 5.74. The van der Waals surface area contributed by atoms with Gasteiger partial charge in [0, 0.05) is 62.4 Å². The van der Waals surface area contributed by atoms with Crippen molar-refractivity contribution in [3.63, 3.8) is 0 Å². The third-order valence-corrected chi connectivity index (χ3v) is 7.97. The van der Waals surface area contributed by atoms with Gasteiger partial charge in [-0.2, -0.15) is 0 Å². The SMILES string of the molecule is O=C(CSc1nnc(N2CCCCC2)n1C1CC1)N1CCN(Cc2c(F)cccc2Cl)CC1. The van der Waals surface area contributed by atoms with Crippen LogP contribution in [0.5, 0.6) is 0 Å². The van der Waals surface area contributed by atoms with Crippen molar-refractivity contribution < 1.29 is 9.18 Å². The zero-order chi connectivity index (χ0) is 22.8. The Kier molecular flexibility index (Phi) is 7.08. The van der Waals surface area contributed by atoms with Gasteiger partial charge in [0.05, 0.1) is 5.75 Å². The highest BCUT2D eigenvalue weighted by molar-refractivity contribution is 7.99. The van der Waals surface area contributed by atoms with Crippen LogP contribution in [-0.4, -0.2) is 75.5 Å². The summed E-state index contributed by atoms with van der Waals surface area (Å²) in [5, 5.41) is 10.3. The number of piperazine rings is 1. The molecule has 33 heavy (non-hydrogen) atoms. The number of halogens is 2. The summed E-state index contributed by atoms with van der Waals surface area (Å²) in [6.45, 7) is 5.23. The first-order valence-electron chi connectivity index (χ1n) is 11.9. The molecule has 1 aromatic heterocycles. The predicted octanol–water partition coefficient (Wildman–Crippen LogP) is 3.83. The van der Waals surface area contributed by atoms with Crippen LogP contribution in [0.25, 0.3) is 0 Å². The maximum Gasteiger partial charge on any atom is 0.233 e. The lowest BCUT2D eigenvalue weighted by Gasteiger charge is -2.35. The summed E-state index contributed by atoms with van der Waals surface area (Å²) in [4.78, 5) is 19.3. The van der Waals surface area contributed by atoms with Gasteiger partial charge in [0.25, 0.3) is 0 Å². The smallest absolute Gasteiger partial charge is 0.233 e. The lowest BCUT2D eigenvalue weighted by molar-refractivity contribution is -0.130. The monoisotopic (exact) mass is 492 g/mol. The highest BCUT2D eigenvalue weighted by Crippen LogP contribution is 2.41. The Balaban J connectivity index is 1.14. The molecule has 178 valence electrons. The van der Waals surface area contributed by atoms with Crippen LogP contribution in [0.4, 0.5) is 10.3 Å². The van der Waals surface area contributed by atoms with Crippen molar-refractivity contribution in [2.45, 2.75) is 49.8 Å². The van der Waals surface area contributed by atoms with E-state index in [9.17, 15) is 9.18 Å². The van der Waals surface area contributed by atoms with E-state index in [1.165, 1.54) is 37.1 Å². The van der Waals surface area contributed by atoms with E-state index in [0.29, 0.717) is 55.1 Å². The number of rotatable bonds is 7. The molecule has 3 fully saturated rings. The molecular weight excluding hydrogens is 463 g/mol. The van der Waals surface area contributed by atoms with Crippen LogP contribution in [-0.2, 0) is 11.3 Å². The molecule has 0 unspecified atom stereocenters. The minimum Gasteiger partial charge on any atom is -0.341 e. The topological polar surface area (TPSA) is 57.5 Å². The van der Waals surface area contributed by atoms with E-state index in [0.717, 1.165) is 37.0 Å². The summed E-state index contributed by atoms with van der Waals surface area (Å²) in [5.41, 5.74) is 0.526. The van der Waals surface area contributed by atoms with E-state index >= 15 is 0 Å². The van der Waals surface area contributed by atoms with Gasteiger partial charge < -0.3 is 9.80 Å². The van der Waals surface area contributed by atoms with E-state index in [2.05, 4.69) is 24.6 Å². The first-order chi connectivity index (χ1) is 16.1. The standard InChI is InChI=1S/C23H30ClFN6OS/c24-19-5-4-6-20(25)18(19)15-28-11-13-29(14-12-28)21(32)16-33-23-27-26-22(31(23)17-7-8-17)30-9-2-1-3-10-30/h4-6,17H,1-3,7-16H2. The molecule has 5 rings (SSSR count). The Hall–Kier alpha value is -1.84. The number of carbonyl (C=O) groups is 1.